The van der Waals surface area contributed by atoms with Gasteiger partial charge >= 0.3 is 0 Å². The third kappa shape index (κ3) is 5.56. The molecular formula is C21H26N2O4S. The fourth-order valence-electron chi connectivity index (χ4n) is 3.16. The molecular weight excluding hydrogens is 376 g/mol. The van der Waals surface area contributed by atoms with Crippen molar-refractivity contribution in [3.63, 3.8) is 0 Å². The highest BCUT2D eigenvalue weighted by Gasteiger charge is 2.25. The van der Waals surface area contributed by atoms with E-state index in [1.165, 1.54) is 0 Å². The van der Waals surface area contributed by atoms with E-state index in [1.807, 2.05) is 30.3 Å². The number of para-hydroxylation sites is 1. The molecule has 3 rings (SSSR count). The molecule has 0 bridgehead atoms. The first-order valence-electron chi connectivity index (χ1n) is 9.59. The summed E-state index contributed by atoms with van der Waals surface area (Å²) < 4.78 is 32.4. The van der Waals surface area contributed by atoms with Gasteiger partial charge in [-0.25, -0.2) is 8.42 Å². The molecule has 28 heavy (non-hydrogen) atoms. The van der Waals surface area contributed by atoms with E-state index in [0.717, 1.165) is 30.6 Å². The van der Waals surface area contributed by atoms with Gasteiger partial charge in [-0.05, 0) is 42.7 Å². The van der Waals surface area contributed by atoms with Crippen LogP contribution in [0.25, 0.3) is 0 Å². The predicted octanol–water partition coefficient (Wildman–Crippen LogP) is 2.60. The Labute approximate surface area is 166 Å². The number of hydrogen-bond acceptors (Lipinski definition) is 4. The summed E-state index contributed by atoms with van der Waals surface area (Å²) in [5, 5.41) is 2.81. The topological polar surface area (TPSA) is 75.7 Å². The number of nitrogens with one attached hydrogen (secondary N) is 1. The lowest BCUT2D eigenvalue weighted by Crippen LogP contribution is -2.35. The van der Waals surface area contributed by atoms with Gasteiger partial charge in [0, 0.05) is 13.1 Å². The van der Waals surface area contributed by atoms with E-state index in [2.05, 4.69) is 5.32 Å². The molecule has 1 aliphatic rings. The second-order valence-electron chi connectivity index (χ2n) is 6.80. The Kier molecular flexibility index (Phi) is 7.06. The van der Waals surface area contributed by atoms with Gasteiger partial charge in [-0.3, -0.25) is 4.79 Å². The zero-order chi connectivity index (χ0) is 19.8. The summed E-state index contributed by atoms with van der Waals surface area (Å²) in [4.78, 5) is 12.3. The highest BCUT2D eigenvalue weighted by molar-refractivity contribution is 7.89. The highest BCUT2D eigenvalue weighted by Crippen LogP contribution is 2.21. The quantitative estimate of drug-likeness (QED) is 0.689. The van der Waals surface area contributed by atoms with Crippen LogP contribution in [0.15, 0.2) is 59.5 Å². The number of benzene rings is 2. The summed E-state index contributed by atoms with van der Waals surface area (Å²) in [6.45, 7) is 1.97. The van der Waals surface area contributed by atoms with E-state index in [4.69, 9.17) is 4.74 Å². The Bertz CT molecular complexity index is 861. The smallest absolute Gasteiger partial charge is 0.243 e. The van der Waals surface area contributed by atoms with Crippen LogP contribution in [0.4, 0.5) is 0 Å². The molecule has 6 nitrogen and oxygen atoms in total. The Morgan fingerprint density at radius 3 is 2.32 bits per heavy atom. The van der Waals surface area contributed by atoms with Crippen molar-refractivity contribution in [3.05, 3.63) is 60.2 Å². The van der Waals surface area contributed by atoms with E-state index in [9.17, 15) is 13.2 Å². The van der Waals surface area contributed by atoms with Crippen LogP contribution >= 0.6 is 0 Å². The average Bonchev–Trinajstić information content (AvgIpc) is 2.73. The molecule has 0 aliphatic carbocycles. The van der Waals surface area contributed by atoms with Crippen LogP contribution in [0, 0.1) is 0 Å². The molecule has 1 N–H and O–H groups in total. The van der Waals surface area contributed by atoms with E-state index >= 15 is 0 Å². The van der Waals surface area contributed by atoms with Gasteiger partial charge < -0.3 is 10.1 Å². The lowest BCUT2D eigenvalue weighted by Gasteiger charge is -2.25. The highest BCUT2D eigenvalue weighted by atomic mass is 32.2. The van der Waals surface area contributed by atoms with Crippen LogP contribution in [0.3, 0.4) is 0 Å². The maximum Gasteiger partial charge on any atom is 0.243 e. The average molecular weight is 403 g/mol. The molecule has 0 saturated carbocycles. The molecule has 0 aromatic heterocycles. The van der Waals surface area contributed by atoms with Gasteiger partial charge in [0.15, 0.2) is 0 Å². The van der Waals surface area contributed by atoms with Crippen LogP contribution in [0.1, 0.15) is 24.8 Å². The van der Waals surface area contributed by atoms with Crippen LogP contribution in [-0.4, -0.2) is 44.9 Å². The van der Waals surface area contributed by atoms with Crippen molar-refractivity contribution in [2.45, 2.75) is 30.6 Å². The number of rotatable bonds is 8. The zero-order valence-electron chi connectivity index (χ0n) is 15.8. The number of hydrogen-bond donors (Lipinski definition) is 1. The second kappa shape index (κ2) is 9.71. The van der Waals surface area contributed by atoms with Gasteiger partial charge in [-0.2, -0.15) is 4.31 Å². The summed E-state index contributed by atoms with van der Waals surface area (Å²) in [5.41, 5.74) is 0.777. The molecule has 1 aliphatic heterocycles. The summed E-state index contributed by atoms with van der Waals surface area (Å²) in [6, 6.07) is 16.0. The second-order valence-corrected chi connectivity index (χ2v) is 8.73. The molecule has 1 saturated heterocycles. The summed E-state index contributed by atoms with van der Waals surface area (Å²) in [5.74, 6) is 0.644. The van der Waals surface area contributed by atoms with Crippen molar-refractivity contribution in [2.75, 3.05) is 26.2 Å². The number of carbonyl (C=O) groups is 1. The van der Waals surface area contributed by atoms with E-state index < -0.39 is 10.0 Å². The monoisotopic (exact) mass is 402 g/mol. The molecule has 0 spiro atoms. The number of nitrogens with zero attached hydrogens (tertiary/aromatic N) is 1. The number of amides is 1. The normalized spacial score (nSPS) is 15.1. The lowest BCUT2D eigenvalue weighted by molar-refractivity contribution is -0.120. The van der Waals surface area contributed by atoms with Crippen LogP contribution in [0.2, 0.25) is 0 Å². The Morgan fingerprint density at radius 2 is 1.64 bits per heavy atom. The maximum atomic E-state index is 12.6. The van der Waals surface area contributed by atoms with Gasteiger partial charge in [0.05, 0.1) is 17.9 Å². The third-order valence-corrected chi connectivity index (χ3v) is 6.59. The van der Waals surface area contributed by atoms with Crippen molar-refractivity contribution < 1.29 is 17.9 Å². The molecule has 0 unspecified atom stereocenters. The van der Waals surface area contributed by atoms with Crippen LogP contribution < -0.4 is 10.1 Å². The molecule has 150 valence electrons. The molecule has 0 radical (unpaired) electrons. The molecule has 1 fully saturated rings. The van der Waals surface area contributed by atoms with Crippen molar-refractivity contribution in [1.82, 2.24) is 9.62 Å². The van der Waals surface area contributed by atoms with Gasteiger partial charge in [0.1, 0.15) is 12.4 Å². The third-order valence-electron chi connectivity index (χ3n) is 4.68. The minimum absolute atomic E-state index is 0.122. The molecule has 1 amide bonds. The summed E-state index contributed by atoms with van der Waals surface area (Å²) in [6.07, 6.45) is 3.10. The van der Waals surface area contributed by atoms with Crippen molar-refractivity contribution in [2.24, 2.45) is 0 Å². The van der Waals surface area contributed by atoms with Gasteiger partial charge in [-0.1, -0.05) is 36.8 Å². The first-order chi connectivity index (χ1) is 13.6. The number of ether oxygens (including phenoxy) is 1. The molecule has 1 heterocycles. The first-order valence-corrected chi connectivity index (χ1v) is 11.0. The fourth-order valence-corrected chi connectivity index (χ4v) is 4.67. The van der Waals surface area contributed by atoms with Gasteiger partial charge in [-0.15, -0.1) is 0 Å². The Hall–Kier alpha value is -2.38. The van der Waals surface area contributed by atoms with Crippen molar-refractivity contribution >= 4 is 15.9 Å². The van der Waals surface area contributed by atoms with Crippen molar-refractivity contribution in [3.8, 4) is 5.75 Å². The Morgan fingerprint density at radius 1 is 0.964 bits per heavy atom. The maximum absolute atomic E-state index is 12.6. The van der Waals surface area contributed by atoms with E-state index in [1.54, 1.807) is 28.6 Å². The lowest BCUT2D eigenvalue weighted by atomic mass is 10.1. The molecule has 7 heteroatoms. The number of piperidine rings is 1. The van der Waals surface area contributed by atoms with Gasteiger partial charge in [0.2, 0.25) is 15.9 Å². The minimum Gasteiger partial charge on any atom is -0.492 e. The van der Waals surface area contributed by atoms with Crippen molar-refractivity contribution in [1.29, 1.82) is 0 Å². The summed E-state index contributed by atoms with van der Waals surface area (Å²) >= 11 is 0. The SMILES string of the molecule is O=C(Cc1ccc(S(=O)(=O)N2CCCCC2)cc1)NCCOc1ccccc1. The van der Waals surface area contributed by atoms with E-state index in [0.29, 0.717) is 26.2 Å². The number of carbonyl (C=O) groups excluding carboxylic acids is 1. The molecule has 2 aromatic carbocycles. The van der Waals surface area contributed by atoms with Crippen LogP contribution in [0.5, 0.6) is 5.75 Å². The minimum atomic E-state index is -3.43. The van der Waals surface area contributed by atoms with Gasteiger partial charge in [0.25, 0.3) is 0 Å². The standard InChI is InChI=1S/C21H26N2O4S/c24-21(22-13-16-27-19-7-3-1-4-8-19)17-18-9-11-20(12-10-18)28(25,26)23-14-5-2-6-15-23/h1,3-4,7-12H,2,5-6,13-17H2,(H,22,24). The predicted molar refractivity (Wildman–Crippen MR) is 108 cm³/mol. The van der Waals surface area contributed by atoms with E-state index in [-0.39, 0.29) is 17.2 Å². The fraction of sp³-hybridized carbons (Fsp3) is 0.381. The van der Waals surface area contributed by atoms with Crippen LogP contribution in [-0.2, 0) is 21.2 Å². The molecule has 0 atom stereocenters. The zero-order valence-corrected chi connectivity index (χ0v) is 16.7. The Balaban J connectivity index is 1.46. The first kappa shape index (κ1) is 20.4. The largest absolute Gasteiger partial charge is 0.492 e. The molecule has 2 aromatic rings. The number of sulfonamides is 1. The summed E-state index contributed by atoms with van der Waals surface area (Å²) in [7, 11) is -3.43.